The fourth-order valence-corrected chi connectivity index (χ4v) is 3.02. The molecule has 2 aromatic rings. The van der Waals surface area contributed by atoms with Crippen LogP contribution in [0.1, 0.15) is 40.8 Å². The van der Waals surface area contributed by atoms with E-state index in [-0.39, 0.29) is 29.3 Å². The minimum atomic E-state index is -0.477. The van der Waals surface area contributed by atoms with E-state index in [2.05, 4.69) is 10.3 Å². The number of rotatable bonds is 5. The Labute approximate surface area is 144 Å². The van der Waals surface area contributed by atoms with E-state index in [1.165, 1.54) is 12.1 Å². The molecule has 1 unspecified atom stereocenters. The van der Waals surface area contributed by atoms with Gasteiger partial charge in [0.05, 0.1) is 25.5 Å². The molecule has 2 N–H and O–H groups in total. The lowest BCUT2D eigenvalue weighted by Crippen LogP contribution is -2.41. The van der Waals surface area contributed by atoms with Crippen LogP contribution in [0.15, 0.2) is 39.8 Å². The molecule has 1 atom stereocenters. The van der Waals surface area contributed by atoms with Crippen molar-refractivity contribution in [2.75, 3.05) is 7.11 Å². The molecular formula is C18H20N2O5. The largest absolute Gasteiger partial charge is 0.495 e. The number of carbonyl (C=O) groups is 1. The summed E-state index contributed by atoms with van der Waals surface area (Å²) in [5.41, 5.74) is 0.493. The van der Waals surface area contributed by atoms with Crippen molar-refractivity contribution in [3.63, 3.8) is 0 Å². The Kier molecular flexibility index (Phi) is 4.85. The van der Waals surface area contributed by atoms with Gasteiger partial charge in [-0.3, -0.25) is 14.6 Å². The molecule has 0 bridgehead atoms. The summed E-state index contributed by atoms with van der Waals surface area (Å²) in [4.78, 5) is 28.3. The third-order valence-corrected chi connectivity index (χ3v) is 4.35. The first kappa shape index (κ1) is 17.2. The number of carbonyl (C=O) groups excluding carboxylic acids is 1. The van der Waals surface area contributed by atoms with Crippen LogP contribution in [0.4, 0.5) is 0 Å². The van der Waals surface area contributed by atoms with Crippen LogP contribution < -0.4 is 15.5 Å². The molecule has 1 saturated carbocycles. The van der Waals surface area contributed by atoms with E-state index in [0.29, 0.717) is 24.4 Å². The second kappa shape index (κ2) is 7.06. The van der Waals surface area contributed by atoms with Crippen molar-refractivity contribution in [3.05, 3.63) is 57.9 Å². The van der Waals surface area contributed by atoms with Gasteiger partial charge in [0.1, 0.15) is 11.5 Å². The van der Waals surface area contributed by atoms with Gasteiger partial charge < -0.3 is 19.6 Å². The fourth-order valence-electron chi connectivity index (χ4n) is 3.02. The Morgan fingerprint density at radius 2 is 2.12 bits per heavy atom. The Bertz CT molecular complexity index is 826. The van der Waals surface area contributed by atoms with Gasteiger partial charge in [0.2, 0.25) is 0 Å². The molecule has 2 heterocycles. The highest BCUT2D eigenvalue weighted by atomic mass is 16.5. The zero-order chi connectivity index (χ0) is 18.0. The zero-order valence-electron chi connectivity index (χ0n) is 14.1. The molecule has 2 aromatic heterocycles. The molecule has 0 aromatic carbocycles. The monoisotopic (exact) mass is 344 g/mol. The van der Waals surface area contributed by atoms with Gasteiger partial charge in [-0.15, -0.1) is 0 Å². The number of amides is 1. The van der Waals surface area contributed by atoms with Gasteiger partial charge >= 0.3 is 0 Å². The number of aliphatic hydroxyl groups excluding tert-OH is 1. The second-order valence-electron chi connectivity index (χ2n) is 6.26. The lowest BCUT2D eigenvalue weighted by atomic mass is 9.75. The average Bonchev–Trinajstić information content (AvgIpc) is 2.56. The standard InChI is InChI=1S/C18H20N2O5/c1-10-3-13(21)7-16(25-10)18(23)20-17(11-4-14(22)5-11)12-6-15(24-2)9-19-8-12/h3,6-9,11,14,17,22H,4-5H2,1-2H3,(H,20,23). The third-order valence-electron chi connectivity index (χ3n) is 4.35. The van der Waals surface area contributed by atoms with Gasteiger partial charge in [0, 0.05) is 18.3 Å². The Balaban J connectivity index is 1.87. The third kappa shape index (κ3) is 3.88. The highest BCUT2D eigenvalue weighted by molar-refractivity contribution is 5.91. The molecule has 1 fully saturated rings. The van der Waals surface area contributed by atoms with Crippen LogP contribution in [-0.4, -0.2) is 29.2 Å². The van der Waals surface area contributed by atoms with Crippen molar-refractivity contribution in [1.82, 2.24) is 10.3 Å². The van der Waals surface area contributed by atoms with E-state index >= 15 is 0 Å². The van der Waals surface area contributed by atoms with Crippen molar-refractivity contribution in [3.8, 4) is 5.75 Å². The minimum Gasteiger partial charge on any atom is -0.495 e. The fraction of sp³-hybridized carbons (Fsp3) is 0.389. The number of hydrogen-bond donors (Lipinski definition) is 2. The van der Waals surface area contributed by atoms with Gasteiger partial charge in [-0.1, -0.05) is 0 Å². The molecule has 0 radical (unpaired) electrons. The highest BCUT2D eigenvalue weighted by Crippen LogP contribution is 2.38. The van der Waals surface area contributed by atoms with Crippen LogP contribution >= 0.6 is 0 Å². The summed E-state index contributed by atoms with van der Waals surface area (Å²) >= 11 is 0. The Hall–Kier alpha value is -2.67. The molecule has 132 valence electrons. The van der Waals surface area contributed by atoms with E-state index in [9.17, 15) is 14.7 Å². The van der Waals surface area contributed by atoms with E-state index in [4.69, 9.17) is 9.15 Å². The molecular weight excluding hydrogens is 324 g/mol. The van der Waals surface area contributed by atoms with E-state index < -0.39 is 5.91 Å². The van der Waals surface area contributed by atoms with Crippen LogP contribution in [0.5, 0.6) is 5.75 Å². The maximum Gasteiger partial charge on any atom is 0.287 e. The predicted octanol–water partition coefficient (Wildman–Crippen LogP) is 1.59. The summed E-state index contributed by atoms with van der Waals surface area (Å²) in [5.74, 6) is 0.514. The molecule has 3 rings (SSSR count). The number of nitrogens with zero attached hydrogens (tertiary/aromatic N) is 1. The molecule has 1 aliphatic rings. The lowest BCUT2D eigenvalue weighted by Gasteiger charge is -2.38. The van der Waals surface area contributed by atoms with Crippen molar-refractivity contribution in [1.29, 1.82) is 0 Å². The van der Waals surface area contributed by atoms with Gasteiger partial charge in [-0.05, 0) is 37.3 Å². The second-order valence-corrected chi connectivity index (χ2v) is 6.26. The van der Waals surface area contributed by atoms with Crippen molar-refractivity contribution in [2.45, 2.75) is 31.9 Å². The summed E-state index contributed by atoms with van der Waals surface area (Å²) < 4.78 is 10.5. The van der Waals surface area contributed by atoms with Crippen LogP contribution in [0, 0.1) is 12.8 Å². The number of pyridine rings is 1. The normalized spacial score (nSPS) is 20.4. The summed E-state index contributed by atoms with van der Waals surface area (Å²) in [7, 11) is 1.54. The van der Waals surface area contributed by atoms with Gasteiger partial charge in [-0.2, -0.15) is 0 Å². The van der Waals surface area contributed by atoms with Crippen LogP contribution in [0.2, 0.25) is 0 Å². The van der Waals surface area contributed by atoms with Crippen molar-refractivity contribution in [2.24, 2.45) is 5.92 Å². The number of nitrogens with one attached hydrogen (secondary N) is 1. The van der Waals surface area contributed by atoms with E-state index in [1.54, 1.807) is 32.5 Å². The molecule has 1 aliphatic carbocycles. The summed E-state index contributed by atoms with van der Waals surface area (Å²) in [6.07, 6.45) is 4.04. The lowest BCUT2D eigenvalue weighted by molar-refractivity contribution is 0.0231. The van der Waals surface area contributed by atoms with Gasteiger partial charge in [-0.25, -0.2) is 0 Å². The molecule has 0 aliphatic heterocycles. The molecule has 7 heteroatoms. The first-order chi connectivity index (χ1) is 12.0. The van der Waals surface area contributed by atoms with Crippen molar-refractivity contribution < 1.29 is 19.1 Å². The van der Waals surface area contributed by atoms with E-state index in [0.717, 1.165) is 5.56 Å². The smallest absolute Gasteiger partial charge is 0.287 e. The Morgan fingerprint density at radius 1 is 1.36 bits per heavy atom. The molecule has 25 heavy (non-hydrogen) atoms. The minimum absolute atomic E-state index is 0.0364. The quantitative estimate of drug-likeness (QED) is 0.854. The number of aryl methyl sites for hydroxylation is 1. The Morgan fingerprint density at radius 3 is 2.76 bits per heavy atom. The molecule has 7 nitrogen and oxygen atoms in total. The van der Waals surface area contributed by atoms with E-state index in [1.807, 2.05) is 0 Å². The number of methoxy groups -OCH3 is 1. The van der Waals surface area contributed by atoms with Gasteiger partial charge in [0.15, 0.2) is 11.2 Å². The van der Waals surface area contributed by atoms with Crippen LogP contribution in [0.3, 0.4) is 0 Å². The van der Waals surface area contributed by atoms with Crippen molar-refractivity contribution >= 4 is 5.91 Å². The molecule has 1 amide bonds. The molecule has 0 saturated heterocycles. The summed E-state index contributed by atoms with van der Waals surface area (Å²) in [5, 5.41) is 12.5. The number of ether oxygens (including phenoxy) is 1. The topological polar surface area (TPSA) is 102 Å². The number of aliphatic hydroxyl groups is 1. The van der Waals surface area contributed by atoms with Crippen LogP contribution in [-0.2, 0) is 0 Å². The predicted molar refractivity (Wildman–Crippen MR) is 89.4 cm³/mol. The first-order valence-electron chi connectivity index (χ1n) is 8.06. The number of hydrogen-bond acceptors (Lipinski definition) is 6. The summed E-state index contributed by atoms with van der Waals surface area (Å²) in [6.45, 7) is 1.62. The highest BCUT2D eigenvalue weighted by Gasteiger charge is 2.36. The first-order valence-corrected chi connectivity index (χ1v) is 8.06. The maximum atomic E-state index is 12.6. The number of aromatic nitrogens is 1. The van der Waals surface area contributed by atoms with Gasteiger partial charge in [0.25, 0.3) is 5.91 Å². The van der Waals surface area contributed by atoms with Crippen LogP contribution in [0.25, 0.3) is 0 Å². The summed E-state index contributed by atoms with van der Waals surface area (Å²) in [6, 6.07) is 3.93. The zero-order valence-corrected chi connectivity index (χ0v) is 14.1. The maximum absolute atomic E-state index is 12.6. The molecule has 0 spiro atoms. The SMILES string of the molecule is COc1cncc(C(NC(=O)c2cc(=O)cc(C)o2)C2CC(O)C2)c1. The average molecular weight is 344 g/mol.